The second-order valence-electron chi connectivity index (χ2n) is 7.77. The predicted molar refractivity (Wildman–Crippen MR) is 129 cm³/mol. The highest BCUT2D eigenvalue weighted by Gasteiger charge is 2.56. The second-order valence-corrected chi connectivity index (χ2v) is 9.66. The highest BCUT2D eigenvalue weighted by atomic mass is 35.7. The maximum absolute atomic E-state index is 13.0. The van der Waals surface area contributed by atoms with Gasteiger partial charge in [-0.15, -0.1) is 0 Å². The zero-order chi connectivity index (χ0) is 26.4. The lowest BCUT2D eigenvalue weighted by molar-refractivity contribution is -0.576. The molecule has 2 aromatic carbocycles. The van der Waals surface area contributed by atoms with Gasteiger partial charge in [0.2, 0.25) is 5.91 Å². The minimum absolute atomic E-state index is 0.0906. The number of amides is 2. The number of nitrogens with zero attached hydrogens (tertiary/aromatic N) is 2. The van der Waals surface area contributed by atoms with Gasteiger partial charge in [0.25, 0.3) is 5.91 Å². The summed E-state index contributed by atoms with van der Waals surface area (Å²) in [5.74, 6) is -2.21. The molecule has 0 bridgehead atoms. The summed E-state index contributed by atoms with van der Waals surface area (Å²) in [5.41, 5.74) is 0.195. The van der Waals surface area contributed by atoms with Gasteiger partial charge >= 0.3 is 12.2 Å². The molecule has 36 heavy (non-hydrogen) atoms. The van der Waals surface area contributed by atoms with Crippen LogP contribution in [0, 0.1) is 10.1 Å². The molecule has 0 aromatic heterocycles. The second kappa shape index (κ2) is 11.8. The van der Waals surface area contributed by atoms with Crippen LogP contribution in [0.1, 0.15) is 18.7 Å². The highest BCUT2D eigenvalue weighted by molar-refractivity contribution is 8.08. The van der Waals surface area contributed by atoms with Crippen LogP contribution in [0.15, 0.2) is 72.8 Å². The lowest BCUT2D eigenvalue weighted by Gasteiger charge is -2.48. The first kappa shape index (κ1) is 26.8. The molecule has 2 aromatic rings. The Hall–Kier alpha value is -3.77. The topological polar surface area (TPSA) is 145 Å². The molecule has 0 aliphatic carbocycles. The van der Waals surface area contributed by atoms with Crippen molar-refractivity contribution in [3.8, 4) is 5.75 Å². The number of para-hydroxylation sites is 1. The number of β-lactam (4-membered cyclic amide) rings is 1. The van der Waals surface area contributed by atoms with E-state index in [-0.39, 0.29) is 11.1 Å². The van der Waals surface area contributed by atoms with Crippen molar-refractivity contribution < 1.29 is 33.0 Å². The van der Waals surface area contributed by atoms with Crippen molar-refractivity contribution >= 4 is 38.5 Å². The molecule has 0 saturated carbocycles. The molecule has 1 aliphatic heterocycles. The average Bonchev–Trinajstić information content (AvgIpc) is 2.85. The van der Waals surface area contributed by atoms with E-state index in [4.69, 9.17) is 20.2 Å². The van der Waals surface area contributed by atoms with Crippen LogP contribution in [0.25, 0.3) is 0 Å². The number of rotatable bonds is 11. The normalized spacial score (nSPS) is 19.3. The zero-order valence-corrected chi connectivity index (χ0v) is 20.5. The molecule has 1 aliphatic rings. The van der Waals surface area contributed by atoms with Crippen molar-refractivity contribution in [2.75, 3.05) is 6.61 Å². The third-order valence-electron chi connectivity index (χ3n) is 5.17. The van der Waals surface area contributed by atoms with E-state index in [1.165, 1.54) is 31.2 Å². The van der Waals surface area contributed by atoms with E-state index in [1.54, 1.807) is 36.4 Å². The monoisotopic (exact) mass is 535 g/mol. The molecule has 5 atom stereocenters. The molecule has 1 N–H and O–H groups in total. The molecular formula is C23H22ClN3O8S. The summed E-state index contributed by atoms with van der Waals surface area (Å²) in [5, 5.41) is 12.6. The molecule has 5 unspecified atom stereocenters. The third-order valence-corrected chi connectivity index (χ3v) is 6.60. The number of esters is 1. The summed E-state index contributed by atoms with van der Waals surface area (Å²) < 4.78 is 22.7. The maximum Gasteiger partial charge on any atom is 0.382 e. The van der Waals surface area contributed by atoms with Gasteiger partial charge in [0.15, 0.2) is 18.0 Å². The van der Waals surface area contributed by atoms with Gasteiger partial charge in [-0.25, -0.2) is 9.00 Å². The molecule has 1 fully saturated rings. The van der Waals surface area contributed by atoms with E-state index in [9.17, 15) is 28.7 Å². The highest BCUT2D eigenvalue weighted by Crippen LogP contribution is 2.32. The number of nitro groups is 1. The number of hydrogen-bond acceptors (Lipinski definition) is 8. The summed E-state index contributed by atoms with van der Waals surface area (Å²) in [7, 11) is 3.57. The van der Waals surface area contributed by atoms with E-state index in [0.29, 0.717) is 5.75 Å². The fourth-order valence-corrected chi connectivity index (χ4v) is 4.92. The van der Waals surface area contributed by atoms with Crippen LogP contribution in [-0.4, -0.2) is 55.9 Å². The first-order valence-corrected chi connectivity index (χ1v) is 12.6. The average molecular weight is 536 g/mol. The zero-order valence-electron chi connectivity index (χ0n) is 18.9. The van der Waals surface area contributed by atoms with Gasteiger partial charge in [0.1, 0.15) is 21.8 Å². The molecule has 1 saturated heterocycles. The Bertz CT molecular complexity index is 1180. The Morgan fingerprint density at radius 2 is 1.78 bits per heavy atom. The summed E-state index contributed by atoms with van der Waals surface area (Å²) in [4.78, 5) is 49.8. The minimum atomic E-state index is -2.23. The van der Waals surface area contributed by atoms with Gasteiger partial charge in [-0.1, -0.05) is 43.0 Å². The van der Waals surface area contributed by atoms with E-state index in [1.807, 2.05) is 0 Å². The predicted octanol–water partition coefficient (Wildman–Crippen LogP) is 2.08. The van der Waals surface area contributed by atoms with Crippen molar-refractivity contribution in [2.45, 2.75) is 30.6 Å². The molecule has 11 nitrogen and oxygen atoms in total. The lowest BCUT2D eigenvalue weighted by atomic mass is 9.99. The van der Waals surface area contributed by atoms with Crippen LogP contribution < -0.4 is 10.1 Å². The number of nitrogens with one attached hydrogen (secondary N) is 1. The van der Waals surface area contributed by atoms with Crippen LogP contribution in [0.3, 0.4) is 0 Å². The number of halogens is 1. The fraction of sp³-hybridized carbons (Fsp3) is 0.261. The van der Waals surface area contributed by atoms with Crippen molar-refractivity contribution in [1.29, 1.82) is 0 Å². The largest absolute Gasteiger partial charge is 0.484 e. The Kier molecular flexibility index (Phi) is 8.78. The van der Waals surface area contributed by atoms with E-state index in [0.717, 1.165) is 4.90 Å². The van der Waals surface area contributed by atoms with E-state index in [2.05, 4.69) is 11.9 Å². The Labute approximate surface area is 213 Å². The maximum atomic E-state index is 13.0. The number of likely N-dealkylation sites (tertiary alicyclic amines) is 1. The molecule has 190 valence electrons. The number of carbonyl (C=O) groups is 3. The molecular weight excluding hydrogens is 514 g/mol. The van der Waals surface area contributed by atoms with Gasteiger partial charge in [-0.2, -0.15) is 0 Å². The molecule has 3 rings (SSSR count). The molecule has 2 amide bonds. The first-order valence-electron chi connectivity index (χ1n) is 10.5. The molecule has 1 heterocycles. The van der Waals surface area contributed by atoms with Crippen LogP contribution in [0.5, 0.6) is 5.75 Å². The smallest absolute Gasteiger partial charge is 0.382 e. The number of benzene rings is 2. The summed E-state index contributed by atoms with van der Waals surface area (Å²) >= 11 is 0. The SMILES string of the molecule is C=C(C)C(C(=O)OC(c1ccccc1)[N+](=O)[O-])N1C(=O)C(NC(=O)COc2ccccc2)C1S(=O)Cl. The van der Waals surface area contributed by atoms with Crippen LogP contribution in [0.4, 0.5) is 0 Å². The van der Waals surface area contributed by atoms with Crippen LogP contribution >= 0.6 is 10.7 Å². The Morgan fingerprint density at radius 3 is 2.31 bits per heavy atom. The molecule has 13 heteroatoms. The van der Waals surface area contributed by atoms with Crippen molar-refractivity contribution in [3.05, 3.63) is 88.5 Å². The van der Waals surface area contributed by atoms with E-state index < -0.39 is 63.0 Å². The Morgan fingerprint density at radius 1 is 1.19 bits per heavy atom. The summed E-state index contributed by atoms with van der Waals surface area (Å²) in [6, 6.07) is 13.2. The van der Waals surface area contributed by atoms with E-state index >= 15 is 0 Å². The minimum Gasteiger partial charge on any atom is -0.484 e. The van der Waals surface area contributed by atoms with Gasteiger partial charge in [0, 0.05) is 0 Å². The summed E-state index contributed by atoms with van der Waals surface area (Å²) in [6.45, 7) is 4.64. The van der Waals surface area contributed by atoms with Gasteiger partial charge in [-0.05, 0) is 47.4 Å². The quantitative estimate of drug-likeness (QED) is 0.0875. The standard InChI is InChI=1S/C23H22ClN3O8S/c1-14(2)19(23(30)35-21(27(31)32)15-9-5-3-6-10-15)26-20(29)18(22(26)36(24)33)25-17(28)13-34-16-11-7-4-8-12-16/h3-12,18-19,21-22H,1,13H2,2H3,(H,25,28). The Balaban J connectivity index is 1.73. The fourth-order valence-electron chi connectivity index (χ4n) is 3.55. The lowest BCUT2D eigenvalue weighted by Crippen LogP contribution is -2.75. The molecule has 0 spiro atoms. The van der Waals surface area contributed by atoms with Gasteiger partial charge in [-0.3, -0.25) is 19.7 Å². The van der Waals surface area contributed by atoms with Gasteiger partial charge < -0.3 is 19.7 Å². The van der Waals surface area contributed by atoms with Crippen molar-refractivity contribution in [2.24, 2.45) is 0 Å². The number of carbonyl (C=O) groups excluding carboxylic acids is 3. The number of ether oxygens (including phenoxy) is 2. The van der Waals surface area contributed by atoms with Gasteiger partial charge in [0.05, 0.1) is 10.5 Å². The third kappa shape index (κ3) is 6.07. The molecule has 0 radical (unpaired) electrons. The van der Waals surface area contributed by atoms with Crippen LogP contribution in [0.2, 0.25) is 0 Å². The number of hydrogen-bond donors (Lipinski definition) is 1. The van der Waals surface area contributed by atoms with Crippen molar-refractivity contribution in [3.63, 3.8) is 0 Å². The van der Waals surface area contributed by atoms with Crippen LogP contribution in [-0.2, 0) is 29.1 Å². The first-order chi connectivity index (χ1) is 17.1. The summed E-state index contributed by atoms with van der Waals surface area (Å²) in [6.07, 6.45) is -1.84. The van der Waals surface area contributed by atoms with Crippen molar-refractivity contribution in [1.82, 2.24) is 10.2 Å².